The Labute approximate surface area is 156 Å². The minimum Gasteiger partial charge on any atom is -0.395 e. The lowest BCUT2D eigenvalue weighted by molar-refractivity contribution is 0.232. The van der Waals surface area contributed by atoms with E-state index >= 15 is 0 Å². The summed E-state index contributed by atoms with van der Waals surface area (Å²) in [6.45, 7) is 3.21. The molecular weight excluding hydrogens is 414 g/mol. The standard InChI is InChI=1S/C17H19BrClNO3S/c1-12-16(19)7-4-8-17(12)24(22,23)20(9-10-21)13(2)14-5-3-6-15(18)11-14/h3-8,11,13,21H,9-10H2,1-2H3. The second-order valence-electron chi connectivity index (χ2n) is 5.43. The highest BCUT2D eigenvalue weighted by atomic mass is 79.9. The van der Waals surface area contributed by atoms with E-state index < -0.39 is 16.1 Å². The highest BCUT2D eigenvalue weighted by Gasteiger charge is 2.31. The van der Waals surface area contributed by atoms with Crippen molar-refractivity contribution in [2.24, 2.45) is 0 Å². The Balaban J connectivity index is 2.51. The van der Waals surface area contributed by atoms with Crippen molar-refractivity contribution in [3.05, 3.63) is 63.1 Å². The third-order valence-electron chi connectivity index (χ3n) is 3.89. The van der Waals surface area contributed by atoms with Crippen LogP contribution in [-0.4, -0.2) is 31.0 Å². The van der Waals surface area contributed by atoms with Gasteiger partial charge in [-0.2, -0.15) is 4.31 Å². The Morgan fingerprint density at radius 2 is 1.92 bits per heavy atom. The van der Waals surface area contributed by atoms with Crippen molar-refractivity contribution in [3.8, 4) is 0 Å². The van der Waals surface area contributed by atoms with Crippen LogP contribution >= 0.6 is 27.5 Å². The zero-order chi connectivity index (χ0) is 17.9. The molecule has 7 heteroatoms. The van der Waals surface area contributed by atoms with Crippen LogP contribution in [0.1, 0.15) is 24.1 Å². The van der Waals surface area contributed by atoms with Crippen molar-refractivity contribution < 1.29 is 13.5 Å². The zero-order valence-electron chi connectivity index (χ0n) is 13.4. The van der Waals surface area contributed by atoms with E-state index in [-0.39, 0.29) is 18.0 Å². The molecule has 0 bridgehead atoms. The molecule has 4 nitrogen and oxygen atoms in total. The number of hydrogen-bond donors (Lipinski definition) is 1. The summed E-state index contributed by atoms with van der Waals surface area (Å²) < 4.78 is 28.4. The summed E-state index contributed by atoms with van der Waals surface area (Å²) in [6, 6.07) is 11.8. The van der Waals surface area contributed by atoms with Crippen LogP contribution in [0.2, 0.25) is 5.02 Å². The minimum atomic E-state index is -3.80. The van der Waals surface area contributed by atoms with Gasteiger partial charge in [0.25, 0.3) is 0 Å². The molecular formula is C17H19BrClNO3S. The van der Waals surface area contributed by atoms with E-state index in [1.807, 2.05) is 24.3 Å². The largest absolute Gasteiger partial charge is 0.395 e. The Bertz CT molecular complexity index is 826. The molecule has 1 atom stereocenters. The van der Waals surface area contributed by atoms with Gasteiger partial charge in [-0.25, -0.2) is 8.42 Å². The van der Waals surface area contributed by atoms with Gasteiger partial charge >= 0.3 is 0 Å². The van der Waals surface area contributed by atoms with E-state index in [1.54, 1.807) is 26.0 Å². The van der Waals surface area contributed by atoms with E-state index in [0.29, 0.717) is 10.6 Å². The number of aliphatic hydroxyl groups is 1. The molecule has 1 unspecified atom stereocenters. The number of nitrogens with zero attached hydrogens (tertiary/aromatic N) is 1. The summed E-state index contributed by atoms with van der Waals surface area (Å²) in [5.74, 6) is 0. The van der Waals surface area contributed by atoms with Gasteiger partial charge in [0, 0.05) is 22.1 Å². The lowest BCUT2D eigenvalue weighted by Crippen LogP contribution is -2.36. The quantitative estimate of drug-likeness (QED) is 0.746. The van der Waals surface area contributed by atoms with Gasteiger partial charge in [-0.1, -0.05) is 45.7 Å². The summed E-state index contributed by atoms with van der Waals surface area (Å²) in [5, 5.41) is 9.78. The van der Waals surface area contributed by atoms with Crippen LogP contribution in [0, 0.1) is 6.92 Å². The predicted octanol–water partition coefficient (Wildman–Crippen LogP) is 4.16. The van der Waals surface area contributed by atoms with Crippen LogP contribution in [0.5, 0.6) is 0 Å². The monoisotopic (exact) mass is 431 g/mol. The first-order valence-corrected chi connectivity index (χ1v) is 10.0. The molecule has 2 aromatic rings. The Morgan fingerprint density at radius 1 is 1.25 bits per heavy atom. The molecule has 130 valence electrons. The Hall–Kier alpha value is -0.920. The summed E-state index contributed by atoms with van der Waals surface area (Å²) in [5.41, 5.74) is 1.34. The molecule has 0 fully saturated rings. The van der Waals surface area contributed by atoms with Crippen LogP contribution in [0.4, 0.5) is 0 Å². The maximum atomic E-state index is 13.1. The molecule has 0 saturated carbocycles. The molecule has 0 aliphatic rings. The first-order valence-electron chi connectivity index (χ1n) is 7.42. The first-order chi connectivity index (χ1) is 11.3. The van der Waals surface area contributed by atoms with Crippen molar-refractivity contribution in [2.75, 3.05) is 13.2 Å². The highest BCUT2D eigenvalue weighted by Crippen LogP contribution is 2.31. The van der Waals surface area contributed by atoms with Crippen molar-refractivity contribution >= 4 is 37.6 Å². The average Bonchev–Trinajstić information content (AvgIpc) is 2.54. The van der Waals surface area contributed by atoms with Gasteiger partial charge in [0.2, 0.25) is 10.0 Å². The topological polar surface area (TPSA) is 57.6 Å². The molecule has 0 amide bonds. The molecule has 2 aromatic carbocycles. The van der Waals surface area contributed by atoms with Crippen LogP contribution in [-0.2, 0) is 10.0 Å². The molecule has 24 heavy (non-hydrogen) atoms. The smallest absolute Gasteiger partial charge is 0.244 e. The third kappa shape index (κ3) is 4.00. The van der Waals surface area contributed by atoms with Gasteiger partial charge in [-0.15, -0.1) is 0 Å². The second-order valence-corrected chi connectivity index (χ2v) is 8.62. The fourth-order valence-corrected chi connectivity index (χ4v) is 5.05. The van der Waals surface area contributed by atoms with Crippen molar-refractivity contribution in [1.29, 1.82) is 0 Å². The molecule has 0 heterocycles. The molecule has 0 aromatic heterocycles. The number of rotatable bonds is 6. The lowest BCUT2D eigenvalue weighted by atomic mass is 10.1. The molecule has 0 spiro atoms. The van der Waals surface area contributed by atoms with Crippen molar-refractivity contribution in [2.45, 2.75) is 24.8 Å². The fraction of sp³-hybridized carbons (Fsp3) is 0.294. The first kappa shape index (κ1) is 19.4. The molecule has 2 rings (SSSR count). The molecule has 0 radical (unpaired) electrons. The number of benzene rings is 2. The average molecular weight is 433 g/mol. The Kier molecular flexibility index (Phi) is 6.45. The maximum Gasteiger partial charge on any atom is 0.244 e. The molecule has 0 aliphatic heterocycles. The van der Waals surface area contributed by atoms with Crippen LogP contribution in [0.3, 0.4) is 0 Å². The predicted molar refractivity (Wildman–Crippen MR) is 99.7 cm³/mol. The van der Waals surface area contributed by atoms with E-state index in [9.17, 15) is 13.5 Å². The summed E-state index contributed by atoms with van der Waals surface area (Å²) in [6.07, 6.45) is 0. The molecule has 0 saturated heterocycles. The molecule has 0 aliphatic carbocycles. The van der Waals surface area contributed by atoms with Gasteiger partial charge < -0.3 is 5.11 Å². The van der Waals surface area contributed by atoms with Gasteiger partial charge in [-0.05, 0) is 49.2 Å². The fourth-order valence-electron chi connectivity index (χ4n) is 2.55. The van der Waals surface area contributed by atoms with Crippen LogP contribution < -0.4 is 0 Å². The van der Waals surface area contributed by atoms with Crippen LogP contribution in [0.25, 0.3) is 0 Å². The number of aliphatic hydroxyl groups excluding tert-OH is 1. The van der Waals surface area contributed by atoms with Gasteiger partial charge in [-0.3, -0.25) is 0 Å². The Morgan fingerprint density at radius 3 is 2.54 bits per heavy atom. The van der Waals surface area contributed by atoms with Crippen molar-refractivity contribution in [3.63, 3.8) is 0 Å². The number of hydrogen-bond acceptors (Lipinski definition) is 3. The van der Waals surface area contributed by atoms with E-state index in [0.717, 1.165) is 10.0 Å². The highest BCUT2D eigenvalue weighted by molar-refractivity contribution is 9.10. The summed E-state index contributed by atoms with van der Waals surface area (Å²) >= 11 is 9.48. The SMILES string of the molecule is Cc1c(Cl)cccc1S(=O)(=O)N(CCO)C(C)c1cccc(Br)c1. The van der Waals surface area contributed by atoms with Gasteiger partial charge in [0.05, 0.1) is 11.5 Å². The maximum absolute atomic E-state index is 13.1. The number of halogens is 2. The van der Waals surface area contributed by atoms with Gasteiger partial charge in [0.15, 0.2) is 0 Å². The van der Waals surface area contributed by atoms with E-state index in [4.69, 9.17) is 11.6 Å². The lowest BCUT2D eigenvalue weighted by Gasteiger charge is -2.29. The third-order valence-corrected chi connectivity index (χ3v) is 6.91. The van der Waals surface area contributed by atoms with Gasteiger partial charge in [0.1, 0.15) is 0 Å². The second kappa shape index (κ2) is 7.97. The van der Waals surface area contributed by atoms with Crippen LogP contribution in [0.15, 0.2) is 51.8 Å². The summed E-state index contributed by atoms with van der Waals surface area (Å²) in [4.78, 5) is 0.158. The molecule has 1 N–H and O–H groups in total. The van der Waals surface area contributed by atoms with E-state index in [1.165, 1.54) is 10.4 Å². The normalized spacial score (nSPS) is 13.2. The van der Waals surface area contributed by atoms with Crippen molar-refractivity contribution in [1.82, 2.24) is 4.31 Å². The van der Waals surface area contributed by atoms with E-state index in [2.05, 4.69) is 15.9 Å². The minimum absolute atomic E-state index is 0.00195. The zero-order valence-corrected chi connectivity index (χ0v) is 16.6. The number of sulfonamides is 1. The summed E-state index contributed by atoms with van der Waals surface area (Å²) in [7, 11) is -3.80.